The van der Waals surface area contributed by atoms with E-state index in [4.69, 9.17) is 4.74 Å². The molecule has 0 aliphatic rings. The third-order valence-corrected chi connectivity index (χ3v) is 3.60. The molecule has 0 fully saturated rings. The maximum absolute atomic E-state index is 12.6. The van der Waals surface area contributed by atoms with Gasteiger partial charge in [-0.05, 0) is 5.92 Å². The van der Waals surface area contributed by atoms with Crippen molar-refractivity contribution in [3.8, 4) is 5.75 Å². The van der Waals surface area contributed by atoms with E-state index in [0.29, 0.717) is 12.1 Å². The Bertz CT molecular complexity index is 721. The number of hydrogen-bond acceptors (Lipinski definition) is 5. The molecule has 1 atom stereocenters. The summed E-state index contributed by atoms with van der Waals surface area (Å²) < 4.78 is 6.49. The highest BCUT2D eigenvalue weighted by Crippen LogP contribution is 2.15. The van der Waals surface area contributed by atoms with E-state index >= 15 is 0 Å². The largest absolute Gasteiger partial charge is 0.496 e. The molecule has 1 unspecified atom stereocenters. The SMILES string of the molecule is COc1cc(=O)n(C)cc1C(=O)NC(Cn1nccn1)C(C)C. The summed E-state index contributed by atoms with van der Waals surface area (Å²) in [4.78, 5) is 25.8. The van der Waals surface area contributed by atoms with Crippen molar-refractivity contribution in [2.45, 2.75) is 26.4 Å². The fourth-order valence-corrected chi connectivity index (χ4v) is 2.13. The molecule has 124 valence electrons. The third-order valence-electron chi connectivity index (χ3n) is 3.60. The molecule has 0 aliphatic heterocycles. The van der Waals surface area contributed by atoms with E-state index in [1.54, 1.807) is 19.4 Å². The molecule has 0 aliphatic carbocycles. The molecule has 0 saturated heterocycles. The summed E-state index contributed by atoms with van der Waals surface area (Å²) >= 11 is 0. The summed E-state index contributed by atoms with van der Waals surface area (Å²) in [6.07, 6.45) is 4.66. The first-order chi connectivity index (χ1) is 10.9. The average molecular weight is 319 g/mol. The normalized spacial score (nSPS) is 12.2. The van der Waals surface area contributed by atoms with Gasteiger partial charge in [-0.25, -0.2) is 0 Å². The Balaban J connectivity index is 2.22. The van der Waals surface area contributed by atoms with E-state index < -0.39 is 0 Å². The first-order valence-corrected chi connectivity index (χ1v) is 7.32. The van der Waals surface area contributed by atoms with Crippen molar-refractivity contribution in [3.05, 3.63) is 40.6 Å². The molecular weight excluding hydrogens is 298 g/mol. The number of ether oxygens (including phenoxy) is 1. The van der Waals surface area contributed by atoms with Crippen molar-refractivity contribution < 1.29 is 9.53 Å². The average Bonchev–Trinajstić information content (AvgIpc) is 3.01. The van der Waals surface area contributed by atoms with Crippen LogP contribution in [0, 0.1) is 5.92 Å². The third kappa shape index (κ3) is 3.97. The Morgan fingerprint density at radius 3 is 2.57 bits per heavy atom. The van der Waals surface area contributed by atoms with Crippen LogP contribution in [0.1, 0.15) is 24.2 Å². The van der Waals surface area contributed by atoms with Gasteiger partial charge in [0.15, 0.2) is 0 Å². The van der Waals surface area contributed by atoms with Crippen LogP contribution in [0.2, 0.25) is 0 Å². The van der Waals surface area contributed by atoms with Gasteiger partial charge in [-0.15, -0.1) is 0 Å². The van der Waals surface area contributed by atoms with E-state index in [-0.39, 0.29) is 29.2 Å². The fourth-order valence-electron chi connectivity index (χ4n) is 2.13. The summed E-state index contributed by atoms with van der Waals surface area (Å²) in [7, 11) is 3.02. The zero-order valence-electron chi connectivity index (χ0n) is 13.7. The minimum Gasteiger partial charge on any atom is -0.496 e. The van der Waals surface area contributed by atoms with Gasteiger partial charge in [0.1, 0.15) is 5.75 Å². The highest BCUT2D eigenvalue weighted by atomic mass is 16.5. The van der Waals surface area contributed by atoms with Gasteiger partial charge in [-0.3, -0.25) is 9.59 Å². The smallest absolute Gasteiger partial charge is 0.256 e. The lowest BCUT2D eigenvalue weighted by molar-refractivity contribution is 0.0914. The lowest BCUT2D eigenvalue weighted by atomic mass is 10.0. The summed E-state index contributed by atoms with van der Waals surface area (Å²) in [5.74, 6) is 0.136. The molecular formula is C15H21N5O3. The summed E-state index contributed by atoms with van der Waals surface area (Å²) in [5.41, 5.74) is 0.0771. The van der Waals surface area contributed by atoms with Gasteiger partial charge in [-0.2, -0.15) is 15.0 Å². The van der Waals surface area contributed by atoms with Crippen LogP contribution < -0.4 is 15.6 Å². The summed E-state index contributed by atoms with van der Waals surface area (Å²) in [5, 5.41) is 11.1. The van der Waals surface area contributed by atoms with Gasteiger partial charge < -0.3 is 14.6 Å². The maximum Gasteiger partial charge on any atom is 0.256 e. The van der Waals surface area contributed by atoms with Crippen molar-refractivity contribution in [1.82, 2.24) is 24.9 Å². The number of nitrogens with one attached hydrogen (secondary N) is 1. The Morgan fingerprint density at radius 2 is 2.00 bits per heavy atom. The molecule has 1 amide bonds. The molecule has 2 rings (SSSR count). The first kappa shape index (κ1) is 16.7. The molecule has 23 heavy (non-hydrogen) atoms. The maximum atomic E-state index is 12.6. The molecule has 0 saturated carbocycles. The van der Waals surface area contributed by atoms with Gasteiger partial charge in [-0.1, -0.05) is 13.8 Å². The molecule has 1 N–H and O–H groups in total. The van der Waals surface area contributed by atoms with Crippen LogP contribution in [0.4, 0.5) is 0 Å². The number of nitrogens with zero attached hydrogens (tertiary/aromatic N) is 4. The van der Waals surface area contributed by atoms with Gasteiger partial charge in [0.25, 0.3) is 11.5 Å². The zero-order chi connectivity index (χ0) is 17.0. The molecule has 8 heteroatoms. The van der Waals surface area contributed by atoms with Crippen molar-refractivity contribution in [2.24, 2.45) is 13.0 Å². The second-order valence-electron chi connectivity index (χ2n) is 5.61. The molecule has 0 spiro atoms. The van der Waals surface area contributed by atoms with Gasteiger partial charge in [0.05, 0.1) is 37.7 Å². The number of aryl methyl sites for hydroxylation is 1. The highest BCUT2D eigenvalue weighted by molar-refractivity contribution is 5.96. The predicted molar refractivity (Wildman–Crippen MR) is 84.3 cm³/mol. The van der Waals surface area contributed by atoms with Crippen molar-refractivity contribution in [1.29, 1.82) is 0 Å². The van der Waals surface area contributed by atoms with Gasteiger partial charge >= 0.3 is 0 Å². The molecule has 2 aromatic heterocycles. The standard InChI is InChI=1S/C15H21N5O3/c1-10(2)12(9-20-16-5-6-17-20)18-15(22)11-8-19(3)14(21)7-13(11)23-4/h5-8,10,12H,9H2,1-4H3,(H,18,22). The van der Waals surface area contributed by atoms with Crippen LogP contribution >= 0.6 is 0 Å². The molecule has 2 aromatic rings. The number of amides is 1. The molecule has 0 aromatic carbocycles. The second-order valence-corrected chi connectivity index (χ2v) is 5.61. The summed E-state index contributed by atoms with van der Waals surface area (Å²) in [6.45, 7) is 4.48. The Hall–Kier alpha value is -2.64. The monoisotopic (exact) mass is 319 g/mol. The number of hydrogen-bond donors (Lipinski definition) is 1. The predicted octanol–water partition coefficient (Wildman–Crippen LogP) is 0.440. The Labute approximate surface area is 134 Å². The highest BCUT2D eigenvalue weighted by Gasteiger charge is 2.21. The van der Waals surface area contributed by atoms with Gasteiger partial charge in [0, 0.05) is 19.3 Å². The number of rotatable bonds is 6. The van der Waals surface area contributed by atoms with Crippen LogP contribution in [-0.4, -0.2) is 38.6 Å². The van der Waals surface area contributed by atoms with E-state index in [1.807, 2.05) is 13.8 Å². The van der Waals surface area contributed by atoms with E-state index in [0.717, 1.165) is 0 Å². The number of carbonyl (C=O) groups is 1. The second kappa shape index (κ2) is 7.08. The topological polar surface area (TPSA) is 91.0 Å². The molecule has 8 nitrogen and oxygen atoms in total. The van der Waals surface area contributed by atoms with Crippen LogP contribution in [0.5, 0.6) is 5.75 Å². The summed E-state index contributed by atoms with van der Waals surface area (Å²) in [6, 6.07) is 1.14. The Kier molecular flexibility index (Phi) is 5.15. The number of aromatic nitrogens is 4. The minimum atomic E-state index is -0.302. The van der Waals surface area contributed by atoms with E-state index in [9.17, 15) is 9.59 Å². The molecule has 0 radical (unpaired) electrons. The molecule has 2 heterocycles. The lowest BCUT2D eigenvalue weighted by Crippen LogP contribution is -2.42. The van der Waals surface area contributed by atoms with Crippen molar-refractivity contribution in [3.63, 3.8) is 0 Å². The van der Waals surface area contributed by atoms with Gasteiger partial charge in [0.2, 0.25) is 0 Å². The number of pyridine rings is 1. The van der Waals surface area contributed by atoms with Crippen LogP contribution in [-0.2, 0) is 13.6 Å². The quantitative estimate of drug-likeness (QED) is 0.834. The molecule has 0 bridgehead atoms. The van der Waals surface area contributed by atoms with Crippen LogP contribution in [0.3, 0.4) is 0 Å². The van der Waals surface area contributed by atoms with E-state index in [1.165, 1.54) is 28.7 Å². The number of carbonyl (C=O) groups excluding carboxylic acids is 1. The first-order valence-electron chi connectivity index (χ1n) is 7.32. The van der Waals surface area contributed by atoms with Crippen molar-refractivity contribution >= 4 is 5.91 Å². The lowest BCUT2D eigenvalue weighted by Gasteiger charge is -2.22. The van der Waals surface area contributed by atoms with Crippen LogP contribution in [0.15, 0.2) is 29.5 Å². The van der Waals surface area contributed by atoms with Crippen molar-refractivity contribution in [2.75, 3.05) is 7.11 Å². The number of methoxy groups -OCH3 is 1. The fraction of sp³-hybridized carbons (Fsp3) is 0.467. The minimum absolute atomic E-state index is 0.156. The Morgan fingerprint density at radius 1 is 1.35 bits per heavy atom. The zero-order valence-corrected chi connectivity index (χ0v) is 13.7. The van der Waals surface area contributed by atoms with Crippen LogP contribution in [0.25, 0.3) is 0 Å². The van der Waals surface area contributed by atoms with E-state index in [2.05, 4.69) is 15.5 Å².